The van der Waals surface area contributed by atoms with Gasteiger partial charge in [0.25, 0.3) is 0 Å². The molecule has 0 bridgehead atoms. The van der Waals surface area contributed by atoms with Crippen LogP contribution in [0.3, 0.4) is 0 Å². The zero-order chi connectivity index (χ0) is 18.6. The van der Waals surface area contributed by atoms with Gasteiger partial charge in [-0.05, 0) is 49.9 Å². The molecular formula is C18H27FN2O3S. The Morgan fingerprint density at radius 2 is 1.84 bits per heavy atom. The number of sulfonamides is 1. The first-order valence-electron chi connectivity index (χ1n) is 8.86. The lowest BCUT2D eigenvalue weighted by atomic mass is 10.0. The summed E-state index contributed by atoms with van der Waals surface area (Å²) in [6, 6.07) is 3.85. The van der Waals surface area contributed by atoms with Crippen LogP contribution in [0.15, 0.2) is 23.1 Å². The van der Waals surface area contributed by atoms with E-state index in [4.69, 9.17) is 0 Å². The zero-order valence-electron chi connectivity index (χ0n) is 15.2. The quantitative estimate of drug-likeness (QED) is 0.801. The monoisotopic (exact) mass is 370 g/mol. The molecule has 0 unspecified atom stereocenters. The van der Waals surface area contributed by atoms with Crippen LogP contribution in [0.4, 0.5) is 4.39 Å². The number of halogens is 1. The molecule has 1 aliphatic heterocycles. The van der Waals surface area contributed by atoms with Gasteiger partial charge in [0, 0.05) is 32.1 Å². The van der Waals surface area contributed by atoms with Gasteiger partial charge in [-0.2, -0.15) is 4.31 Å². The summed E-state index contributed by atoms with van der Waals surface area (Å²) in [4.78, 5) is 14.4. The number of carbonyl (C=O) groups is 1. The Bertz CT molecular complexity index is 717. The third-order valence-electron chi connectivity index (χ3n) is 4.87. The molecular weight excluding hydrogens is 343 g/mol. The fourth-order valence-electron chi connectivity index (χ4n) is 3.18. The summed E-state index contributed by atoms with van der Waals surface area (Å²) in [6.45, 7) is 7.15. The molecule has 25 heavy (non-hydrogen) atoms. The molecule has 0 atom stereocenters. The molecule has 1 heterocycles. The maximum Gasteiger partial charge on any atom is 0.243 e. The minimum Gasteiger partial charge on any atom is -0.341 e. The van der Waals surface area contributed by atoms with Gasteiger partial charge in [-0.25, -0.2) is 12.8 Å². The Morgan fingerprint density at radius 1 is 1.16 bits per heavy atom. The van der Waals surface area contributed by atoms with E-state index in [1.54, 1.807) is 11.8 Å². The van der Waals surface area contributed by atoms with Gasteiger partial charge in [-0.1, -0.05) is 13.8 Å². The van der Waals surface area contributed by atoms with E-state index in [2.05, 4.69) is 0 Å². The van der Waals surface area contributed by atoms with Gasteiger partial charge in [0.1, 0.15) is 5.82 Å². The highest BCUT2D eigenvalue weighted by Crippen LogP contribution is 2.21. The largest absolute Gasteiger partial charge is 0.341 e. The Kier molecular flexibility index (Phi) is 6.57. The fourth-order valence-corrected chi connectivity index (χ4v) is 4.73. The minimum absolute atomic E-state index is 0.00269. The summed E-state index contributed by atoms with van der Waals surface area (Å²) in [5.41, 5.74) is 0.307. The molecule has 2 rings (SSSR count). The lowest BCUT2D eigenvalue weighted by Gasteiger charge is -2.25. The third-order valence-corrected chi connectivity index (χ3v) is 6.76. The second-order valence-electron chi connectivity index (χ2n) is 6.51. The van der Waals surface area contributed by atoms with Crippen molar-refractivity contribution in [3.63, 3.8) is 0 Å². The highest BCUT2D eigenvalue weighted by atomic mass is 32.2. The molecule has 0 spiro atoms. The number of aryl methyl sites for hydroxylation is 1. The second kappa shape index (κ2) is 8.27. The Hall–Kier alpha value is -1.47. The molecule has 0 saturated carbocycles. The van der Waals surface area contributed by atoms with Crippen LogP contribution in [0.2, 0.25) is 0 Å². The van der Waals surface area contributed by atoms with Crippen molar-refractivity contribution in [2.24, 2.45) is 5.92 Å². The average Bonchev–Trinajstić information content (AvgIpc) is 2.84. The summed E-state index contributed by atoms with van der Waals surface area (Å²) in [6.07, 6.45) is 2.19. The van der Waals surface area contributed by atoms with Crippen molar-refractivity contribution in [1.29, 1.82) is 0 Å². The molecule has 0 radical (unpaired) electrons. The third kappa shape index (κ3) is 4.39. The van der Waals surface area contributed by atoms with E-state index < -0.39 is 15.8 Å². The van der Waals surface area contributed by atoms with Crippen LogP contribution in [-0.2, 0) is 14.8 Å². The molecule has 0 aromatic heterocycles. The van der Waals surface area contributed by atoms with Crippen LogP contribution >= 0.6 is 0 Å². The number of nitrogens with zero attached hydrogens (tertiary/aromatic N) is 2. The number of benzene rings is 1. The van der Waals surface area contributed by atoms with Crippen LogP contribution in [0, 0.1) is 18.7 Å². The molecule has 1 aromatic rings. The van der Waals surface area contributed by atoms with E-state index >= 15 is 0 Å². The van der Waals surface area contributed by atoms with Crippen molar-refractivity contribution in [3.05, 3.63) is 29.6 Å². The summed E-state index contributed by atoms with van der Waals surface area (Å²) in [7, 11) is -3.68. The van der Waals surface area contributed by atoms with Crippen molar-refractivity contribution in [2.75, 3.05) is 26.2 Å². The maximum absolute atomic E-state index is 13.4. The molecule has 1 aliphatic rings. The van der Waals surface area contributed by atoms with E-state index in [0.717, 1.165) is 12.8 Å². The number of hydrogen-bond acceptors (Lipinski definition) is 3. The van der Waals surface area contributed by atoms with E-state index in [9.17, 15) is 17.6 Å². The van der Waals surface area contributed by atoms with Gasteiger partial charge in [0.15, 0.2) is 0 Å². The highest BCUT2D eigenvalue weighted by Gasteiger charge is 2.30. The van der Waals surface area contributed by atoms with Crippen LogP contribution in [0.1, 0.15) is 38.7 Å². The fraction of sp³-hybridized carbons (Fsp3) is 0.611. The molecule has 140 valence electrons. The SMILES string of the molecule is CCC(CC)C(=O)N1CCCN(S(=O)(=O)c2ccc(F)c(C)c2)CC1. The first-order chi connectivity index (χ1) is 11.8. The summed E-state index contributed by atoms with van der Waals surface area (Å²) >= 11 is 0. The molecule has 7 heteroatoms. The molecule has 0 aliphatic carbocycles. The number of rotatable bonds is 5. The van der Waals surface area contributed by atoms with Gasteiger partial charge < -0.3 is 4.90 Å². The summed E-state index contributed by atoms with van der Waals surface area (Å²) in [5, 5.41) is 0. The van der Waals surface area contributed by atoms with Crippen molar-refractivity contribution in [1.82, 2.24) is 9.21 Å². The topological polar surface area (TPSA) is 57.7 Å². The molecule has 1 amide bonds. The highest BCUT2D eigenvalue weighted by molar-refractivity contribution is 7.89. The van der Waals surface area contributed by atoms with Crippen LogP contribution in [-0.4, -0.2) is 49.7 Å². The van der Waals surface area contributed by atoms with Gasteiger partial charge in [0.2, 0.25) is 15.9 Å². The van der Waals surface area contributed by atoms with Crippen molar-refractivity contribution in [3.8, 4) is 0 Å². The Labute approximate surface area is 149 Å². The maximum atomic E-state index is 13.4. The van der Waals surface area contributed by atoms with E-state index in [1.165, 1.54) is 22.5 Å². The van der Waals surface area contributed by atoms with Crippen molar-refractivity contribution in [2.45, 2.75) is 44.9 Å². The summed E-state index contributed by atoms with van der Waals surface area (Å²) in [5.74, 6) is -0.304. The van der Waals surface area contributed by atoms with Gasteiger partial charge in [0.05, 0.1) is 4.90 Å². The first kappa shape index (κ1) is 19.8. The van der Waals surface area contributed by atoms with Gasteiger partial charge in [-0.3, -0.25) is 4.79 Å². The predicted octanol–water partition coefficient (Wildman–Crippen LogP) is 2.79. The number of hydrogen-bond donors (Lipinski definition) is 0. The van der Waals surface area contributed by atoms with Crippen LogP contribution in [0.5, 0.6) is 0 Å². The van der Waals surface area contributed by atoms with Crippen LogP contribution in [0.25, 0.3) is 0 Å². The molecule has 5 nitrogen and oxygen atoms in total. The van der Waals surface area contributed by atoms with Crippen molar-refractivity contribution < 1.29 is 17.6 Å². The smallest absolute Gasteiger partial charge is 0.243 e. The second-order valence-corrected chi connectivity index (χ2v) is 8.45. The lowest BCUT2D eigenvalue weighted by molar-refractivity contribution is -0.135. The minimum atomic E-state index is -3.68. The van der Waals surface area contributed by atoms with E-state index in [1.807, 2.05) is 13.8 Å². The van der Waals surface area contributed by atoms with Crippen LogP contribution < -0.4 is 0 Å². The zero-order valence-corrected chi connectivity index (χ0v) is 16.0. The lowest BCUT2D eigenvalue weighted by Crippen LogP contribution is -2.39. The molecule has 1 aromatic carbocycles. The number of amides is 1. The average molecular weight is 370 g/mol. The predicted molar refractivity (Wildman–Crippen MR) is 95.2 cm³/mol. The summed E-state index contributed by atoms with van der Waals surface area (Å²) < 4.78 is 40.5. The number of carbonyl (C=O) groups excluding carboxylic acids is 1. The van der Waals surface area contributed by atoms with Crippen molar-refractivity contribution >= 4 is 15.9 Å². The first-order valence-corrected chi connectivity index (χ1v) is 10.3. The molecule has 0 N–H and O–H groups in total. The van der Waals surface area contributed by atoms with E-state index in [-0.39, 0.29) is 23.3 Å². The Balaban J connectivity index is 2.14. The van der Waals surface area contributed by atoms with E-state index in [0.29, 0.717) is 31.6 Å². The molecule has 1 fully saturated rings. The van der Waals surface area contributed by atoms with Gasteiger partial charge >= 0.3 is 0 Å². The normalized spacial score (nSPS) is 16.9. The standard InChI is InChI=1S/C18H27FN2O3S/c1-4-15(5-2)18(22)20-9-6-10-21(12-11-20)25(23,24)16-7-8-17(19)14(3)13-16/h7-8,13,15H,4-6,9-12H2,1-3H3. The molecule has 1 saturated heterocycles. The van der Waals surface area contributed by atoms with Gasteiger partial charge in [-0.15, -0.1) is 0 Å². The Morgan fingerprint density at radius 3 is 2.44 bits per heavy atom.